The molecule has 0 saturated heterocycles. The molecule has 0 aromatic carbocycles. The second kappa shape index (κ2) is 6.61. The molecule has 0 aliphatic carbocycles. The Labute approximate surface area is 116 Å². The van der Waals surface area contributed by atoms with Crippen LogP contribution in [0.5, 0.6) is 0 Å². The predicted octanol–water partition coefficient (Wildman–Crippen LogP) is 1.76. The summed E-state index contributed by atoms with van der Waals surface area (Å²) in [5.41, 5.74) is 0. The summed E-state index contributed by atoms with van der Waals surface area (Å²) in [6.07, 6.45) is -5.67. The Hall–Kier alpha value is -1.35. The van der Waals surface area contributed by atoms with Crippen LogP contribution in [0.2, 0.25) is 0 Å². The lowest BCUT2D eigenvalue weighted by Gasteiger charge is -2.16. The maximum absolute atomic E-state index is 12.3. The highest BCUT2D eigenvalue weighted by molar-refractivity contribution is 7.58. The number of hydrogen-bond acceptors (Lipinski definition) is 6. The van der Waals surface area contributed by atoms with Crippen LogP contribution in [-0.2, 0) is 20.4 Å². The summed E-state index contributed by atoms with van der Waals surface area (Å²) in [6, 6.07) is 1.31. The zero-order chi connectivity index (χ0) is 16.3. The Bertz CT molecular complexity index is 543. The lowest BCUT2D eigenvalue weighted by Crippen LogP contribution is -2.10. The Balaban J connectivity index is 2.72. The van der Waals surface area contributed by atoms with Crippen LogP contribution in [0.1, 0.15) is 30.2 Å². The number of alkyl halides is 3. The molecule has 21 heavy (non-hydrogen) atoms. The maximum atomic E-state index is 12.3. The summed E-state index contributed by atoms with van der Waals surface area (Å²) in [7, 11) is -4.27. The van der Waals surface area contributed by atoms with Crippen molar-refractivity contribution in [3.63, 3.8) is 0 Å². The fourth-order valence-electron chi connectivity index (χ4n) is 1.47. The van der Waals surface area contributed by atoms with E-state index in [0.717, 1.165) is 6.07 Å². The molecule has 0 bridgehead atoms. The minimum atomic E-state index is -4.76. The number of hydrogen-bond donors (Lipinski definition) is 3. The zero-order valence-corrected chi connectivity index (χ0v) is 11.4. The standard InChI is InChI=1S/C10H13F3NO6P/c11-10(12,13)7-4-3-6(19-7)9(16)21(17,18)5-1-2-8(15)20-14/h3-4,9,16H,1-2,5,14H2,(H,17,18)/t9-/m0/s1. The van der Waals surface area contributed by atoms with Crippen molar-refractivity contribution in [2.75, 3.05) is 6.16 Å². The molecule has 1 aromatic rings. The molecule has 0 spiro atoms. The van der Waals surface area contributed by atoms with Crippen LogP contribution in [0.15, 0.2) is 16.5 Å². The van der Waals surface area contributed by atoms with E-state index in [9.17, 15) is 32.5 Å². The first-order valence-corrected chi connectivity index (χ1v) is 7.55. The number of furan rings is 1. The summed E-state index contributed by atoms with van der Waals surface area (Å²) in [5.74, 6) is -0.420. The van der Waals surface area contributed by atoms with Gasteiger partial charge >= 0.3 is 12.1 Å². The monoisotopic (exact) mass is 331 g/mol. The summed E-state index contributed by atoms with van der Waals surface area (Å²) in [5, 5.41) is 9.63. The molecule has 0 saturated carbocycles. The fraction of sp³-hybridized carbons (Fsp3) is 0.500. The van der Waals surface area contributed by atoms with Crippen LogP contribution in [-0.4, -0.2) is 22.1 Å². The molecule has 120 valence electrons. The van der Waals surface area contributed by atoms with E-state index in [2.05, 4.69) is 15.2 Å². The van der Waals surface area contributed by atoms with Gasteiger partial charge in [-0.15, -0.1) is 0 Å². The highest BCUT2D eigenvalue weighted by atomic mass is 31.2. The van der Waals surface area contributed by atoms with Crippen molar-refractivity contribution in [3.05, 3.63) is 23.7 Å². The highest BCUT2D eigenvalue weighted by Crippen LogP contribution is 2.55. The van der Waals surface area contributed by atoms with Gasteiger partial charge in [0.1, 0.15) is 5.76 Å². The smallest absolute Gasteiger partial charge is 0.449 e. The minimum absolute atomic E-state index is 0.131. The van der Waals surface area contributed by atoms with E-state index in [4.69, 9.17) is 0 Å². The lowest BCUT2D eigenvalue weighted by molar-refractivity contribution is -0.153. The molecular weight excluding hydrogens is 318 g/mol. The third-order valence-corrected chi connectivity index (χ3v) is 4.51. The first-order valence-electron chi connectivity index (χ1n) is 5.64. The molecule has 7 nitrogen and oxygen atoms in total. The van der Waals surface area contributed by atoms with Crippen LogP contribution in [0.4, 0.5) is 13.2 Å². The normalized spacial score (nSPS) is 16.3. The Morgan fingerprint density at radius 3 is 2.57 bits per heavy atom. The Morgan fingerprint density at radius 2 is 2.10 bits per heavy atom. The molecule has 0 aliphatic heterocycles. The molecule has 1 aromatic heterocycles. The van der Waals surface area contributed by atoms with E-state index < -0.39 is 43.0 Å². The van der Waals surface area contributed by atoms with Gasteiger partial charge in [0.05, 0.1) is 0 Å². The van der Waals surface area contributed by atoms with Gasteiger partial charge < -0.3 is 19.3 Å². The molecule has 1 rings (SSSR count). The SMILES string of the molecule is NOC(=O)CCCP(=O)(O)[C@H](O)c1ccc(C(F)(F)F)o1. The van der Waals surface area contributed by atoms with Gasteiger partial charge in [-0.25, -0.2) is 0 Å². The van der Waals surface area contributed by atoms with Crippen LogP contribution < -0.4 is 5.90 Å². The van der Waals surface area contributed by atoms with E-state index in [1.165, 1.54) is 0 Å². The largest absolute Gasteiger partial charge is 0.453 e. The van der Waals surface area contributed by atoms with Crippen molar-refractivity contribution in [2.45, 2.75) is 24.9 Å². The second-order valence-electron chi connectivity index (χ2n) is 4.15. The number of halogens is 3. The zero-order valence-electron chi connectivity index (χ0n) is 10.5. The number of aliphatic hydroxyl groups excluding tert-OH is 1. The van der Waals surface area contributed by atoms with Crippen LogP contribution in [0.25, 0.3) is 0 Å². The van der Waals surface area contributed by atoms with Crippen LogP contribution >= 0.6 is 7.37 Å². The van der Waals surface area contributed by atoms with Gasteiger partial charge in [0, 0.05) is 12.6 Å². The maximum Gasteiger partial charge on any atom is 0.449 e. The quantitative estimate of drug-likeness (QED) is 0.536. The van der Waals surface area contributed by atoms with Gasteiger partial charge in [-0.3, -0.25) is 9.36 Å². The summed E-state index contributed by atoms with van der Waals surface area (Å²) in [4.78, 5) is 24.2. The van der Waals surface area contributed by atoms with Gasteiger partial charge in [0.2, 0.25) is 13.1 Å². The third kappa shape index (κ3) is 4.85. The topological polar surface area (TPSA) is 123 Å². The van der Waals surface area contributed by atoms with Crippen molar-refractivity contribution in [1.29, 1.82) is 0 Å². The Kier molecular flexibility index (Phi) is 5.57. The average molecular weight is 331 g/mol. The van der Waals surface area contributed by atoms with E-state index in [1.54, 1.807) is 0 Å². The van der Waals surface area contributed by atoms with Gasteiger partial charge in [0.15, 0.2) is 5.85 Å². The van der Waals surface area contributed by atoms with E-state index in [0.29, 0.717) is 6.07 Å². The summed E-state index contributed by atoms with van der Waals surface area (Å²) in [6.45, 7) is 0. The highest BCUT2D eigenvalue weighted by Gasteiger charge is 2.38. The first-order chi connectivity index (χ1) is 9.58. The molecule has 0 aliphatic rings. The summed E-state index contributed by atoms with van der Waals surface area (Å²) < 4.78 is 53.1. The summed E-state index contributed by atoms with van der Waals surface area (Å²) >= 11 is 0. The Morgan fingerprint density at radius 1 is 1.48 bits per heavy atom. The molecule has 2 atom stereocenters. The minimum Gasteiger partial charge on any atom is -0.453 e. The number of rotatable bonds is 6. The van der Waals surface area contributed by atoms with Crippen molar-refractivity contribution in [3.8, 4) is 0 Å². The number of aliphatic hydroxyl groups is 1. The predicted molar refractivity (Wildman–Crippen MR) is 62.9 cm³/mol. The van der Waals surface area contributed by atoms with Crippen molar-refractivity contribution in [2.24, 2.45) is 5.90 Å². The van der Waals surface area contributed by atoms with Gasteiger partial charge in [0.25, 0.3) is 0 Å². The van der Waals surface area contributed by atoms with E-state index in [1.807, 2.05) is 0 Å². The van der Waals surface area contributed by atoms with Crippen molar-refractivity contribution >= 4 is 13.3 Å². The van der Waals surface area contributed by atoms with Gasteiger partial charge in [-0.2, -0.15) is 19.1 Å². The molecule has 11 heteroatoms. The molecular formula is C10H13F3NO6P. The average Bonchev–Trinajstić information content (AvgIpc) is 2.86. The van der Waals surface area contributed by atoms with Crippen molar-refractivity contribution in [1.82, 2.24) is 0 Å². The van der Waals surface area contributed by atoms with Crippen LogP contribution in [0, 0.1) is 0 Å². The number of carbonyl (C=O) groups excluding carboxylic acids is 1. The number of nitrogens with two attached hydrogens (primary N) is 1. The molecule has 0 amide bonds. The lowest BCUT2D eigenvalue weighted by atomic mass is 10.3. The van der Waals surface area contributed by atoms with Crippen LogP contribution in [0.3, 0.4) is 0 Å². The molecule has 1 heterocycles. The molecule has 0 fully saturated rings. The van der Waals surface area contributed by atoms with E-state index >= 15 is 0 Å². The fourth-order valence-corrected chi connectivity index (χ4v) is 2.87. The second-order valence-corrected chi connectivity index (χ2v) is 6.59. The van der Waals surface area contributed by atoms with E-state index in [-0.39, 0.29) is 12.8 Å². The molecule has 4 N–H and O–H groups in total. The van der Waals surface area contributed by atoms with Gasteiger partial charge in [-0.05, 0) is 18.6 Å². The number of carbonyl (C=O) groups is 1. The third-order valence-electron chi connectivity index (χ3n) is 2.53. The van der Waals surface area contributed by atoms with Gasteiger partial charge in [-0.1, -0.05) is 0 Å². The van der Waals surface area contributed by atoms with Crippen molar-refractivity contribution < 1.29 is 41.8 Å². The molecule has 1 unspecified atom stereocenters. The molecule has 0 radical (unpaired) electrons. The first kappa shape index (κ1) is 17.7.